The van der Waals surface area contributed by atoms with E-state index < -0.39 is 0 Å². The average molecular weight is 297 g/mol. The molecule has 0 fully saturated rings. The van der Waals surface area contributed by atoms with Gasteiger partial charge in [0, 0.05) is 31.0 Å². The van der Waals surface area contributed by atoms with Crippen LogP contribution in [-0.2, 0) is 11.3 Å². The van der Waals surface area contributed by atoms with Gasteiger partial charge in [0.25, 0.3) is 5.91 Å². The molecule has 1 N–H and O–H groups in total. The lowest BCUT2D eigenvalue weighted by molar-refractivity contribution is -0.117. The Hall–Kier alpha value is -2.56. The number of carbonyl (C=O) groups is 1. The van der Waals surface area contributed by atoms with Crippen molar-refractivity contribution in [3.8, 4) is 5.75 Å². The summed E-state index contributed by atoms with van der Waals surface area (Å²) in [6, 6.07) is 7.72. The summed E-state index contributed by atoms with van der Waals surface area (Å²) in [6.45, 7) is 3.87. The number of hydrogen-bond donors (Lipinski definition) is 1. The lowest BCUT2D eigenvalue weighted by Crippen LogP contribution is -2.33. The fourth-order valence-corrected chi connectivity index (χ4v) is 2.45. The van der Waals surface area contributed by atoms with Crippen LogP contribution in [-0.4, -0.2) is 28.6 Å². The van der Waals surface area contributed by atoms with E-state index in [2.05, 4.69) is 17.2 Å². The van der Waals surface area contributed by atoms with Gasteiger partial charge in [-0.3, -0.25) is 4.79 Å². The Morgan fingerprint density at radius 2 is 2.32 bits per heavy atom. The van der Waals surface area contributed by atoms with Gasteiger partial charge in [0.2, 0.25) is 0 Å². The average Bonchev–Trinajstić information content (AvgIpc) is 3.05. The summed E-state index contributed by atoms with van der Waals surface area (Å²) >= 11 is 0. The first-order chi connectivity index (χ1) is 10.7. The van der Waals surface area contributed by atoms with E-state index in [1.807, 2.05) is 41.1 Å². The predicted molar refractivity (Wildman–Crippen MR) is 84.3 cm³/mol. The van der Waals surface area contributed by atoms with Crippen LogP contribution in [0.1, 0.15) is 12.5 Å². The highest BCUT2D eigenvalue weighted by atomic mass is 16.5. The van der Waals surface area contributed by atoms with Gasteiger partial charge in [-0.1, -0.05) is 25.1 Å². The maximum Gasteiger partial charge on any atom is 0.250 e. The fraction of sp³-hybridized carbons (Fsp3) is 0.294. The molecule has 5 heteroatoms. The van der Waals surface area contributed by atoms with Crippen molar-refractivity contribution < 1.29 is 9.53 Å². The number of benzene rings is 1. The molecular weight excluding hydrogens is 278 g/mol. The second-order valence-electron chi connectivity index (χ2n) is 5.57. The third kappa shape index (κ3) is 3.36. The van der Waals surface area contributed by atoms with E-state index in [1.165, 1.54) is 0 Å². The Labute approximate surface area is 129 Å². The molecule has 0 saturated heterocycles. The highest BCUT2D eigenvalue weighted by molar-refractivity contribution is 5.99. The van der Waals surface area contributed by atoms with E-state index in [4.69, 9.17) is 4.74 Å². The van der Waals surface area contributed by atoms with Crippen LogP contribution in [0, 0.1) is 5.92 Å². The second kappa shape index (κ2) is 6.47. The van der Waals surface area contributed by atoms with Gasteiger partial charge in [0.15, 0.2) is 0 Å². The second-order valence-corrected chi connectivity index (χ2v) is 5.57. The number of hydrogen-bond acceptors (Lipinski definition) is 3. The van der Waals surface area contributed by atoms with Crippen molar-refractivity contribution in [2.45, 2.75) is 13.5 Å². The summed E-state index contributed by atoms with van der Waals surface area (Å²) in [5.74, 6) is 1.09. The van der Waals surface area contributed by atoms with Crippen LogP contribution in [0.15, 0.2) is 48.6 Å². The first kappa shape index (κ1) is 14.4. The van der Waals surface area contributed by atoms with Crippen molar-refractivity contribution in [2.75, 3.05) is 13.2 Å². The highest BCUT2D eigenvalue weighted by Gasteiger charge is 2.17. The first-order valence-electron chi connectivity index (χ1n) is 7.38. The van der Waals surface area contributed by atoms with Crippen molar-refractivity contribution in [2.24, 2.45) is 5.92 Å². The van der Waals surface area contributed by atoms with E-state index in [0.29, 0.717) is 24.6 Å². The van der Waals surface area contributed by atoms with E-state index in [1.54, 1.807) is 12.5 Å². The standard InChI is InChI=1S/C17H19N3O2/c1-13(10-20-7-6-18-12-20)9-19-17(21)15-8-14-4-2-3-5-16(14)22-11-15/h2-8,12-13H,9-11H2,1H3,(H,19,21)/t13-/m1/s1. The van der Waals surface area contributed by atoms with E-state index in [0.717, 1.165) is 17.9 Å². The zero-order valence-electron chi connectivity index (χ0n) is 12.5. The minimum atomic E-state index is -0.0630. The number of para-hydroxylation sites is 1. The van der Waals surface area contributed by atoms with E-state index in [9.17, 15) is 4.79 Å². The number of nitrogens with one attached hydrogen (secondary N) is 1. The number of amides is 1. The van der Waals surface area contributed by atoms with Gasteiger partial charge in [0.1, 0.15) is 12.4 Å². The minimum Gasteiger partial charge on any atom is -0.488 e. The number of fused-ring (bicyclic) bond motifs is 1. The Bertz CT molecular complexity index is 677. The fourth-order valence-electron chi connectivity index (χ4n) is 2.45. The molecule has 0 bridgehead atoms. The molecule has 1 aromatic heterocycles. The molecule has 0 spiro atoms. The summed E-state index contributed by atoms with van der Waals surface area (Å²) in [5.41, 5.74) is 1.61. The summed E-state index contributed by atoms with van der Waals surface area (Å²) < 4.78 is 7.62. The minimum absolute atomic E-state index is 0.0630. The number of rotatable bonds is 5. The zero-order chi connectivity index (χ0) is 15.4. The number of aromatic nitrogens is 2. The van der Waals surface area contributed by atoms with Crippen LogP contribution >= 0.6 is 0 Å². The number of nitrogens with zero attached hydrogens (tertiary/aromatic N) is 2. The molecule has 0 radical (unpaired) electrons. The van der Waals surface area contributed by atoms with Crippen molar-refractivity contribution in [3.63, 3.8) is 0 Å². The molecule has 1 amide bonds. The maximum absolute atomic E-state index is 12.2. The molecule has 22 heavy (non-hydrogen) atoms. The van der Waals surface area contributed by atoms with Gasteiger partial charge >= 0.3 is 0 Å². The summed E-state index contributed by atoms with van der Waals surface area (Å²) in [7, 11) is 0. The lowest BCUT2D eigenvalue weighted by Gasteiger charge is -2.18. The maximum atomic E-state index is 12.2. The Morgan fingerprint density at radius 3 is 3.14 bits per heavy atom. The van der Waals surface area contributed by atoms with Crippen molar-refractivity contribution >= 4 is 12.0 Å². The van der Waals surface area contributed by atoms with Crippen LogP contribution in [0.4, 0.5) is 0 Å². The lowest BCUT2D eigenvalue weighted by atomic mass is 10.1. The molecule has 0 unspecified atom stereocenters. The largest absolute Gasteiger partial charge is 0.488 e. The number of ether oxygens (including phenoxy) is 1. The van der Waals surface area contributed by atoms with Gasteiger partial charge in [-0.2, -0.15) is 0 Å². The van der Waals surface area contributed by atoms with Gasteiger partial charge < -0.3 is 14.6 Å². The van der Waals surface area contributed by atoms with Crippen LogP contribution in [0.2, 0.25) is 0 Å². The molecule has 1 aromatic carbocycles. The quantitative estimate of drug-likeness (QED) is 0.919. The van der Waals surface area contributed by atoms with Crippen LogP contribution in [0.3, 0.4) is 0 Å². The monoisotopic (exact) mass is 297 g/mol. The molecular formula is C17H19N3O2. The molecule has 1 aliphatic heterocycles. The Balaban J connectivity index is 1.55. The van der Waals surface area contributed by atoms with Crippen molar-refractivity contribution in [1.29, 1.82) is 0 Å². The van der Waals surface area contributed by atoms with Crippen LogP contribution in [0.5, 0.6) is 5.75 Å². The molecule has 3 rings (SSSR count). The Kier molecular flexibility index (Phi) is 4.23. The normalized spacial score (nSPS) is 14.5. The molecule has 2 heterocycles. The van der Waals surface area contributed by atoms with Gasteiger partial charge in [0.05, 0.1) is 11.9 Å². The number of imidazole rings is 1. The SMILES string of the molecule is C[C@H](CNC(=O)C1=Cc2ccccc2OC1)Cn1ccnc1. The molecule has 2 aromatic rings. The predicted octanol–water partition coefficient (Wildman–Crippen LogP) is 2.11. The molecule has 5 nitrogen and oxygen atoms in total. The first-order valence-corrected chi connectivity index (χ1v) is 7.38. The third-order valence-corrected chi connectivity index (χ3v) is 3.62. The van der Waals surface area contributed by atoms with Crippen molar-refractivity contribution in [1.82, 2.24) is 14.9 Å². The van der Waals surface area contributed by atoms with Crippen molar-refractivity contribution in [3.05, 3.63) is 54.1 Å². The summed E-state index contributed by atoms with van der Waals surface area (Å²) in [6.07, 6.45) is 7.36. The smallest absolute Gasteiger partial charge is 0.250 e. The molecule has 0 aliphatic carbocycles. The molecule has 114 valence electrons. The molecule has 1 atom stereocenters. The topological polar surface area (TPSA) is 56.1 Å². The molecule has 1 aliphatic rings. The van der Waals surface area contributed by atoms with Gasteiger partial charge in [-0.25, -0.2) is 4.98 Å². The number of carbonyl (C=O) groups excluding carboxylic acids is 1. The zero-order valence-corrected chi connectivity index (χ0v) is 12.5. The van der Waals surface area contributed by atoms with E-state index in [-0.39, 0.29) is 5.91 Å². The Morgan fingerprint density at radius 1 is 1.45 bits per heavy atom. The van der Waals surface area contributed by atoms with Gasteiger partial charge in [-0.05, 0) is 18.1 Å². The van der Waals surface area contributed by atoms with Crippen LogP contribution < -0.4 is 10.1 Å². The highest BCUT2D eigenvalue weighted by Crippen LogP contribution is 2.25. The van der Waals surface area contributed by atoms with E-state index >= 15 is 0 Å². The van der Waals surface area contributed by atoms with Crippen LogP contribution in [0.25, 0.3) is 6.08 Å². The summed E-state index contributed by atoms with van der Waals surface area (Å²) in [4.78, 5) is 16.3. The molecule has 0 saturated carbocycles. The third-order valence-electron chi connectivity index (χ3n) is 3.62. The summed E-state index contributed by atoms with van der Waals surface area (Å²) in [5, 5.41) is 2.97. The van der Waals surface area contributed by atoms with Gasteiger partial charge in [-0.15, -0.1) is 0 Å².